The van der Waals surface area contributed by atoms with Gasteiger partial charge in [-0.2, -0.15) is 5.10 Å². The van der Waals surface area contributed by atoms with Crippen LogP contribution in [0.25, 0.3) is 11.4 Å². The molecule has 0 saturated carbocycles. The van der Waals surface area contributed by atoms with Crippen LogP contribution < -0.4 is 0 Å². The molecule has 0 aromatic carbocycles. The molecule has 0 aliphatic carbocycles. The molecule has 0 aliphatic rings. The molecule has 0 N–H and O–H groups in total. The Hall–Kier alpha value is -1.23. The number of aromatic nitrogens is 4. The zero-order chi connectivity index (χ0) is 11.5. The lowest BCUT2D eigenvalue weighted by Crippen LogP contribution is -1.98. The Balaban J connectivity index is 2.40. The summed E-state index contributed by atoms with van der Waals surface area (Å²) < 4.78 is 2.58. The van der Waals surface area contributed by atoms with Gasteiger partial charge in [-0.15, -0.1) is 0 Å². The van der Waals surface area contributed by atoms with E-state index in [1.807, 2.05) is 25.4 Å². The van der Waals surface area contributed by atoms with Crippen LogP contribution >= 0.6 is 15.9 Å². The highest BCUT2D eigenvalue weighted by atomic mass is 79.9. The van der Waals surface area contributed by atoms with Crippen LogP contribution in [0.1, 0.15) is 19.2 Å². The molecule has 0 radical (unpaired) electrons. The van der Waals surface area contributed by atoms with Crippen molar-refractivity contribution in [3.8, 4) is 11.4 Å². The molecular formula is C11H13BrN4. The van der Waals surface area contributed by atoms with Crippen LogP contribution in [-0.2, 0) is 13.5 Å². The Morgan fingerprint density at radius 3 is 2.75 bits per heavy atom. The van der Waals surface area contributed by atoms with Crippen molar-refractivity contribution in [2.24, 2.45) is 7.05 Å². The minimum atomic E-state index is 0.812. The third-order valence-corrected chi connectivity index (χ3v) is 2.60. The lowest BCUT2D eigenvalue weighted by Gasteiger charge is -2.02. The van der Waals surface area contributed by atoms with Gasteiger partial charge in [0.05, 0.1) is 5.69 Å². The van der Waals surface area contributed by atoms with Gasteiger partial charge in [0.15, 0.2) is 0 Å². The number of hydrogen-bond donors (Lipinski definition) is 0. The average Bonchev–Trinajstić information content (AvgIpc) is 2.64. The smallest absolute Gasteiger partial charge is 0.130 e. The van der Waals surface area contributed by atoms with Gasteiger partial charge in [-0.3, -0.25) is 4.68 Å². The molecule has 2 heterocycles. The monoisotopic (exact) mass is 280 g/mol. The highest BCUT2D eigenvalue weighted by Crippen LogP contribution is 2.18. The normalized spacial score (nSPS) is 10.7. The highest BCUT2D eigenvalue weighted by Gasteiger charge is 2.07. The van der Waals surface area contributed by atoms with E-state index in [-0.39, 0.29) is 0 Å². The zero-order valence-electron chi connectivity index (χ0n) is 9.31. The number of aryl methyl sites for hydroxylation is 2. The van der Waals surface area contributed by atoms with Crippen LogP contribution in [-0.4, -0.2) is 19.7 Å². The number of hydrogen-bond acceptors (Lipinski definition) is 3. The average molecular weight is 281 g/mol. The van der Waals surface area contributed by atoms with E-state index in [2.05, 4.69) is 37.9 Å². The standard InChI is InChI=1S/C11H13BrN4/c1-3-4-11-13-9(7-10(12)14-11)8-5-6-16(2)15-8/h5-7H,3-4H2,1-2H3. The van der Waals surface area contributed by atoms with Crippen LogP contribution in [0, 0.1) is 0 Å². The van der Waals surface area contributed by atoms with Crippen molar-refractivity contribution in [2.45, 2.75) is 19.8 Å². The third-order valence-electron chi connectivity index (χ3n) is 2.19. The number of halogens is 1. The van der Waals surface area contributed by atoms with Gasteiger partial charge in [0.1, 0.15) is 16.1 Å². The summed E-state index contributed by atoms with van der Waals surface area (Å²) in [5.74, 6) is 0.859. The van der Waals surface area contributed by atoms with E-state index in [4.69, 9.17) is 0 Å². The zero-order valence-corrected chi connectivity index (χ0v) is 10.9. The van der Waals surface area contributed by atoms with E-state index in [1.54, 1.807) is 4.68 Å². The van der Waals surface area contributed by atoms with Gasteiger partial charge in [0.2, 0.25) is 0 Å². The Kier molecular flexibility index (Phi) is 3.33. The molecule has 4 nitrogen and oxygen atoms in total. The Bertz CT molecular complexity index is 492. The predicted molar refractivity (Wildman–Crippen MR) is 65.9 cm³/mol. The molecule has 5 heteroatoms. The van der Waals surface area contributed by atoms with Crippen molar-refractivity contribution in [1.82, 2.24) is 19.7 Å². The SMILES string of the molecule is CCCc1nc(Br)cc(-c2ccn(C)n2)n1. The van der Waals surface area contributed by atoms with E-state index in [0.29, 0.717) is 0 Å². The fraction of sp³-hybridized carbons (Fsp3) is 0.364. The summed E-state index contributed by atoms with van der Waals surface area (Å²) in [6.45, 7) is 2.12. The summed E-state index contributed by atoms with van der Waals surface area (Å²) in [6, 6.07) is 3.84. The fourth-order valence-corrected chi connectivity index (χ4v) is 1.90. The number of nitrogens with zero attached hydrogens (tertiary/aromatic N) is 4. The van der Waals surface area contributed by atoms with Gasteiger partial charge in [-0.25, -0.2) is 9.97 Å². The molecule has 84 valence electrons. The summed E-state index contributed by atoms with van der Waals surface area (Å²) in [5.41, 5.74) is 1.74. The highest BCUT2D eigenvalue weighted by molar-refractivity contribution is 9.10. The summed E-state index contributed by atoms with van der Waals surface area (Å²) in [5, 5.41) is 4.33. The minimum absolute atomic E-state index is 0.812. The third kappa shape index (κ3) is 2.47. The second-order valence-electron chi connectivity index (χ2n) is 3.62. The summed E-state index contributed by atoms with van der Waals surface area (Å²) in [7, 11) is 1.90. The van der Waals surface area contributed by atoms with Crippen LogP contribution in [0.15, 0.2) is 22.9 Å². The number of rotatable bonds is 3. The first-order valence-electron chi connectivity index (χ1n) is 5.22. The molecule has 0 saturated heterocycles. The van der Waals surface area contributed by atoms with E-state index in [9.17, 15) is 0 Å². The molecule has 0 unspecified atom stereocenters. The first kappa shape index (κ1) is 11.3. The molecule has 16 heavy (non-hydrogen) atoms. The van der Waals surface area contributed by atoms with Crippen molar-refractivity contribution in [3.05, 3.63) is 28.8 Å². The Labute approximate surface area is 103 Å². The molecule has 2 aromatic heterocycles. The van der Waals surface area contributed by atoms with Gasteiger partial charge >= 0.3 is 0 Å². The molecular weight excluding hydrogens is 268 g/mol. The first-order chi connectivity index (χ1) is 7.69. The lowest BCUT2D eigenvalue weighted by atomic mass is 10.2. The van der Waals surface area contributed by atoms with Gasteiger partial charge in [0.25, 0.3) is 0 Å². The Morgan fingerprint density at radius 1 is 1.31 bits per heavy atom. The summed E-state index contributed by atoms with van der Waals surface area (Å²) in [4.78, 5) is 8.82. The maximum absolute atomic E-state index is 4.49. The molecule has 2 aromatic rings. The molecule has 2 rings (SSSR count). The van der Waals surface area contributed by atoms with Crippen molar-refractivity contribution >= 4 is 15.9 Å². The van der Waals surface area contributed by atoms with Gasteiger partial charge in [-0.05, 0) is 34.5 Å². The second-order valence-corrected chi connectivity index (χ2v) is 4.43. The molecule has 0 fully saturated rings. The lowest BCUT2D eigenvalue weighted by molar-refractivity contribution is 0.768. The van der Waals surface area contributed by atoms with Gasteiger partial charge < -0.3 is 0 Å². The topological polar surface area (TPSA) is 43.6 Å². The van der Waals surface area contributed by atoms with Gasteiger partial charge in [0, 0.05) is 19.7 Å². The van der Waals surface area contributed by atoms with Crippen molar-refractivity contribution in [3.63, 3.8) is 0 Å². The molecule has 0 bridgehead atoms. The van der Waals surface area contributed by atoms with E-state index >= 15 is 0 Å². The molecule has 0 amide bonds. The molecule has 0 atom stereocenters. The van der Waals surface area contributed by atoms with E-state index in [1.165, 1.54) is 0 Å². The molecule has 0 spiro atoms. The van der Waals surface area contributed by atoms with Crippen molar-refractivity contribution < 1.29 is 0 Å². The predicted octanol–water partition coefficient (Wildman–Crippen LogP) is 2.59. The van der Waals surface area contributed by atoms with E-state index < -0.39 is 0 Å². The van der Waals surface area contributed by atoms with Crippen LogP contribution in [0.5, 0.6) is 0 Å². The van der Waals surface area contributed by atoms with E-state index in [0.717, 1.165) is 34.7 Å². The van der Waals surface area contributed by atoms with Crippen LogP contribution in [0.2, 0.25) is 0 Å². The van der Waals surface area contributed by atoms with Crippen LogP contribution in [0.3, 0.4) is 0 Å². The maximum atomic E-state index is 4.49. The summed E-state index contributed by atoms with van der Waals surface area (Å²) in [6.07, 6.45) is 3.84. The van der Waals surface area contributed by atoms with Crippen LogP contribution in [0.4, 0.5) is 0 Å². The largest absolute Gasteiger partial charge is 0.275 e. The minimum Gasteiger partial charge on any atom is -0.275 e. The fourth-order valence-electron chi connectivity index (χ4n) is 1.48. The molecule has 0 aliphatic heterocycles. The summed E-state index contributed by atoms with van der Waals surface area (Å²) >= 11 is 3.40. The van der Waals surface area contributed by atoms with Crippen molar-refractivity contribution in [1.29, 1.82) is 0 Å². The first-order valence-corrected chi connectivity index (χ1v) is 6.02. The maximum Gasteiger partial charge on any atom is 0.130 e. The quantitative estimate of drug-likeness (QED) is 0.812. The second kappa shape index (κ2) is 4.74. The van der Waals surface area contributed by atoms with Gasteiger partial charge in [-0.1, -0.05) is 6.92 Å². The Morgan fingerprint density at radius 2 is 2.12 bits per heavy atom. The van der Waals surface area contributed by atoms with Crippen molar-refractivity contribution in [2.75, 3.05) is 0 Å².